The lowest BCUT2D eigenvalue weighted by Gasteiger charge is -2.42. The van der Waals surface area contributed by atoms with E-state index in [-0.39, 0.29) is 24.3 Å². The Morgan fingerprint density at radius 3 is 2.16 bits per heavy atom. The van der Waals surface area contributed by atoms with Crippen molar-refractivity contribution >= 4 is 11.9 Å². The first-order valence-corrected chi connectivity index (χ1v) is 15.3. The van der Waals surface area contributed by atoms with Gasteiger partial charge >= 0.3 is 5.97 Å². The summed E-state index contributed by atoms with van der Waals surface area (Å²) in [4.78, 5) is 29.2. The molecule has 0 saturated heterocycles. The summed E-state index contributed by atoms with van der Waals surface area (Å²) in [5.41, 5.74) is 8.09. The van der Waals surface area contributed by atoms with Gasteiger partial charge < -0.3 is 9.64 Å². The number of esters is 1. The highest BCUT2D eigenvalue weighted by atomic mass is 16.5. The molecule has 0 heterocycles. The fraction of sp³-hybridized carbons (Fsp3) is 0.200. The minimum absolute atomic E-state index is 0.0453. The minimum Gasteiger partial charge on any atom is -0.465 e. The van der Waals surface area contributed by atoms with Crippen LogP contribution in [-0.4, -0.2) is 23.9 Å². The average Bonchev–Trinajstić information content (AvgIpc) is 3.08. The molecule has 0 aromatic heterocycles. The molecule has 5 aromatic carbocycles. The van der Waals surface area contributed by atoms with Crippen LogP contribution in [0.4, 0.5) is 0 Å². The summed E-state index contributed by atoms with van der Waals surface area (Å²) in [7, 11) is 1.39. The molecule has 0 unspecified atom stereocenters. The molecule has 1 aliphatic carbocycles. The molecule has 0 spiro atoms. The van der Waals surface area contributed by atoms with Crippen LogP contribution in [0.5, 0.6) is 0 Å². The first kappa shape index (κ1) is 29.1. The van der Waals surface area contributed by atoms with Crippen molar-refractivity contribution in [2.75, 3.05) is 7.11 Å². The van der Waals surface area contributed by atoms with Gasteiger partial charge in [-0.15, -0.1) is 0 Å². The van der Waals surface area contributed by atoms with Crippen molar-refractivity contribution in [3.05, 3.63) is 167 Å². The second-order valence-electron chi connectivity index (χ2n) is 11.6. The number of methoxy groups -OCH3 is 1. The third kappa shape index (κ3) is 6.50. The number of amides is 1. The lowest BCUT2D eigenvalue weighted by Crippen LogP contribution is -2.41. The molecule has 4 nitrogen and oxygen atoms in total. The molecule has 0 saturated carbocycles. The van der Waals surface area contributed by atoms with Crippen LogP contribution in [-0.2, 0) is 35.3 Å². The zero-order valence-corrected chi connectivity index (χ0v) is 25.1. The van der Waals surface area contributed by atoms with Gasteiger partial charge in [-0.25, -0.2) is 4.79 Å². The standard InChI is InChI=1S/C40H37NO3/c1-44-40(43)37-22-11-10-20-35(37)33-19-12-17-31(26-33)27-38(42)41(28-30-15-6-3-7-16-30)39-34(25-29-13-4-2-5-14-29)24-23-32-18-8-9-21-36(32)39/h2-22,26,34,39H,23-25,27-28H2,1H3/t34-,39-/m0/s1. The smallest absolute Gasteiger partial charge is 0.338 e. The van der Waals surface area contributed by atoms with Crippen molar-refractivity contribution in [1.82, 2.24) is 4.90 Å². The summed E-state index contributed by atoms with van der Waals surface area (Å²) in [6.07, 6.45) is 3.21. The predicted octanol–water partition coefficient (Wildman–Crippen LogP) is 8.26. The Hall–Kier alpha value is -4.96. The second-order valence-corrected chi connectivity index (χ2v) is 11.6. The third-order valence-corrected chi connectivity index (χ3v) is 8.72. The van der Waals surface area contributed by atoms with Crippen LogP contribution in [0.15, 0.2) is 133 Å². The van der Waals surface area contributed by atoms with Gasteiger partial charge in [-0.1, -0.05) is 127 Å². The molecule has 5 aromatic rings. The van der Waals surface area contributed by atoms with Gasteiger partial charge in [0.25, 0.3) is 0 Å². The number of fused-ring (bicyclic) bond motifs is 1. The number of benzene rings is 5. The lowest BCUT2D eigenvalue weighted by molar-refractivity contribution is -0.135. The minimum atomic E-state index is -0.378. The van der Waals surface area contributed by atoms with E-state index in [9.17, 15) is 9.59 Å². The van der Waals surface area contributed by atoms with Crippen LogP contribution < -0.4 is 0 Å². The van der Waals surface area contributed by atoms with Crippen LogP contribution >= 0.6 is 0 Å². The van der Waals surface area contributed by atoms with E-state index in [0.717, 1.165) is 41.5 Å². The number of carbonyl (C=O) groups is 2. The number of rotatable bonds is 9. The Bertz CT molecular complexity index is 1730. The Kier molecular flexibility index (Phi) is 8.98. The maximum atomic E-state index is 14.5. The maximum Gasteiger partial charge on any atom is 0.338 e. The van der Waals surface area contributed by atoms with Crippen LogP contribution in [0.25, 0.3) is 11.1 Å². The quantitative estimate of drug-likeness (QED) is 0.165. The monoisotopic (exact) mass is 579 g/mol. The van der Waals surface area contributed by atoms with Crippen molar-refractivity contribution in [2.24, 2.45) is 5.92 Å². The van der Waals surface area contributed by atoms with Crippen LogP contribution in [0, 0.1) is 5.92 Å². The average molecular weight is 580 g/mol. The zero-order valence-electron chi connectivity index (χ0n) is 25.1. The molecule has 6 rings (SSSR count). The van der Waals surface area contributed by atoms with E-state index in [4.69, 9.17) is 4.74 Å². The van der Waals surface area contributed by atoms with Gasteiger partial charge in [0.15, 0.2) is 0 Å². The molecule has 1 amide bonds. The highest BCUT2D eigenvalue weighted by Gasteiger charge is 2.36. The zero-order chi connectivity index (χ0) is 30.3. The molecule has 1 aliphatic rings. The normalized spacial score (nSPS) is 15.7. The van der Waals surface area contributed by atoms with Crippen LogP contribution in [0.3, 0.4) is 0 Å². The number of aryl methyl sites for hydroxylation is 1. The van der Waals surface area contributed by atoms with Crippen molar-refractivity contribution in [3.63, 3.8) is 0 Å². The predicted molar refractivity (Wildman–Crippen MR) is 175 cm³/mol. The van der Waals surface area contributed by atoms with Crippen molar-refractivity contribution in [1.29, 1.82) is 0 Å². The first-order chi connectivity index (χ1) is 21.6. The van der Waals surface area contributed by atoms with Crippen LogP contribution in [0.2, 0.25) is 0 Å². The Morgan fingerprint density at radius 2 is 1.39 bits per heavy atom. The van der Waals surface area contributed by atoms with Crippen LogP contribution in [0.1, 0.15) is 50.6 Å². The van der Waals surface area contributed by atoms with E-state index in [1.807, 2.05) is 60.7 Å². The summed E-state index contributed by atoms with van der Waals surface area (Å²) < 4.78 is 5.03. The number of ether oxygens (including phenoxy) is 1. The molecule has 2 atom stereocenters. The van der Waals surface area contributed by atoms with E-state index in [1.165, 1.54) is 23.8 Å². The van der Waals surface area contributed by atoms with Gasteiger partial charge in [0.1, 0.15) is 0 Å². The molecular weight excluding hydrogens is 542 g/mol. The Labute approximate surface area is 259 Å². The fourth-order valence-corrected chi connectivity index (χ4v) is 6.63. The van der Waals surface area contributed by atoms with Gasteiger partial charge in [0.2, 0.25) is 5.91 Å². The van der Waals surface area contributed by atoms with E-state index in [1.54, 1.807) is 6.07 Å². The Morgan fingerprint density at radius 1 is 0.727 bits per heavy atom. The largest absolute Gasteiger partial charge is 0.465 e. The fourth-order valence-electron chi connectivity index (χ4n) is 6.63. The number of hydrogen-bond donors (Lipinski definition) is 0. The van der Waals surface area contributed by atoms with E-state index in [0.29, 0.717) is 18.0 Å². The maximum absolute atomic E-state index is 14.5. The van der Waals surface area contributed by atoms with Gasteiger partial charge in [-0.2, -0.15) is 0 Å². The summed E-state index contributed by atoms with van der Waals surface area (Å²) in [6.45, 7) is 0.537. The van der Waals surface area contributed by atoms with Gasteiger partial charge in [0, 0.05) is 6.54 Å². The SMILES string of the molecule is COC(=O)c1ccccc1-c1cccc(CC(=O)N(Cc2ccccc2)[C@@H]2c3ccccc3CC[C@H]2Cc2ccccc2)c1. The number of nitrogens with zero attached hydrogens (tertiary/aromatic N) is 1. The summed E-state index contributed by atoms with van der Waals surface area (Å²) in [6, 6.07) is 44.9. The number of carbonyl (C=O) groups excluding carboxylic acids is 2. The first-order valence-electron chi connectivity index (χ1n) is 15.3. The molecule has 0 N–H and O–H groups in total. The van der Waals surface area contributed by atoms with Gasteiger partial charge in [-0.05, 0) is 70.2 Å². The molecule has 0 aliphatic heterocycles. The Balaban J connectivity index is 1.37. The summed E-state index contributed by atoms with van der Waals surface area (Å²) in [5.74, 6) is 0.00166. The highest BCUT2D eigenvalue weighted by molar-refractivity contribution is 5.97. The molecule has 0 fully saturated rings. The third-order valence-electron chi connectivity index (χ3n) is 8.72. The topological polar surface area (TPSA) is 46.6 Å². The van der Waals surface area contributed by atoms with E-state index >= 15 is 0 Å². The molecule has 0 radical (unpaired) electrons. The van der Waals surface area contributed by atoms with Gasteiger partial charge in [0.05, 0.1) is 25.1 Å². The molecule has 44 heavy (non-hydrogen) atoms. The van der Waals surface area contributed by atoms with Crippen molar-refractivity contribution < 1.29 is 14.3 Å². The lowest BCUT2D eigenvalue weighted by atomic mass is 9.76. The summed E-state index contributed by atoms with van der Waals surface area (Å²) >= 11 is 0. The molecule has 4 heteroatoms. The molecule has 0 bridgehead atoms. The van der Waals surface area contributed by atoms with Crippen molar-refractivity contribution in [2.45, 2.75) is 38.3 Å². The second kappa shape index (κ2) is 13.6. The van der Waals surface area contributed by atoms with E-state index < -0.39 is 0 Å². The van der Waals surface area contributed by atoms with Gasteiger partial charge in [-0.3, -0.25) is 4.79 Å². The van der Waals surface area contributed by atoms with E-state index in [2.05, 4.69) is 71.6 Å². The van der Waals surface area contributed by atoms with Crippen molar-refractivity contribution in [3.8, 4) is 11.1 Å². The molecular formula is C40H37NO3. The summed E-state index contributed by atoms with van der Waals surface area (Å²) in [5, 5.41) is 0. The number of hydrogen-bond acceptors (Lipinski definition) is 3. The highest BCUT2D eigenvalue weighted by Crippen LogP contribution is 2.41. The molecule has 220 valence electrons.